The Kier molecular flexibility index (Phi) is 5.25. The molecular formula is C22H24F3N3O. The van der Waals surface area contributed by atoms with Crippen molar-refractivity contribution in [3.8, 4) is 0 Å². The molecule has 0 unspecified atom stereocenters. The molecule has 7 heteroatoms. The summed E-state index contributed by atoms with van der Waals surface area (Å²) in [6.45, 7) is 2.43. The first kappa shape index (κ1) is 19.8. The highest BCUT2D eigenvalue weighted by atomic mass is 19.1. The van der Waals surface area contributed by atoms with Crippen LogP contribution in [-0.2, 0) is 6.54 Å². The second-order valence-corrected chi connectivity index (χ2v) is 8.22. The Bertz CT molecular complexity index is 900. The normalized spacial score (nSPS) is 24.0. The zero-order valence-corrected chi connectivity index (χ0v) is 16.5. The van der Waals surface area contributed by atoms with E-state index in [1.807, 2.05) is 11.0 Å². The number of hydrogen-bond acceptors (Lipinski definition) is 2. The van der Waals surface area contributed by atoms with Crippen molar-refractivity contribution in [2.75, 3.05) is 33.7 Å². The van der Waals surface area contributed by atoms with Crippen molar-refractivity contribution in [2.24, 2.45) is 11.8 Å². The van der Waals surface area contributed by atoms with E-state index in [1.54, 1.807) is 25.1 Å². The van der Waals surface area contributed by atoms with Crippen LogP contribution < -0.4 is 0 Å². The highest BCUT2D eigenvalue weighted by molar-refractivity contribution is 5.75. The lowest BCUT2D eigenvalue weighted by molar-refractivity contribution is 0.151. The molecule has 3 atom stereocenters. The first-order valence-electron chi connectivity index (χ1n) is 9.72. The van der Waals surface area contributed by atoms with Crippen LogP contribution in [0.3, 0.4) is 0 Å². The third-order valence-electron chi connectivity index (χ3n) is 5.89. The summed E-state index contributed by atoms with van der Waals surface area (Å²) in [5.41, 5.74) is 1.37. The zero-order chi connectivity index (χ0) is 20.7. The zero-order valence-electron chi connectivity index (χ0n) is 16.5. The molecule has 0 aliphatic carbocycles. The maximum atomic E-state index is 13.9. The molecule has 29 heavy (non-hydrogen) atoms. The van der Waals surface area contributed by atoms with E-state index in [-0.39, 0.29) is 29.7 Å². The second-order valence-electron chi connectivity index (χ2n) is 8.22. The topological polar surface area (TPSA) is 26.8 Å². The Labute approximate surface area is 168 Å². The number of carbonyl (C=O) groups excluding carboxylic acids is 1. The number of amides is 2. The summed E-state index contributed by atoms with van der Waals surface area (Å²) in [7, 11) is 3.42. The minimum Gasteiger partial charge on any atom is -0.331 e. The number of likely N-dealkylation sites (tertiary alicyclic amines) is 2. The second kappa shape index (κ2) is 7.71. The van der Waals surface area contributed by atoms with Crippen LogP contribution in [0.15, 0.2) is 42.5 Å². The monoisotopic (exact) mass is 403 g/mol. The van der Waals surface area contributed by atoms with Gasteiger partial charge in [-0.2, -0.15) is 0 Å². The SMILES string of the molecule is CN(C)C(=O)N1C[C@H]2CN(Cc3cc(F)cc(F)c3)C[C@H]2[C@@H]1c1cccc(F)c1. The predicted octanol–water partition coefficient (Wildman–Crippen LogP) is 3.89. The van der Waals surface area contributed by atoms with Crippen LogP contribution >= 0.6 is 0 Å². The summed E-state index contributed by atoms with van der Waals surface area (Å²) in [5, 5.41) is 0. The van der Waals surface area contributed by atoms with Crippen molar-refractivity contribution in [3.63, 3.8) is 0 Å². The summed E-state index contributed by atoms with van der Waals surface area (Å²) in [5.74, 6) is -1.13. The molecule has 4 nitrogen and oxygen atoms in total. The summed E-state index contributed by atoms with van der Waals surface area (Å²) in [6.07, 6.45) is 0. The van der Waals surface area contributed by atoms with Gasteiger partial charge in [0.1, 0.15) is 17.5 Å². The fourth-order valence-corrected chi connectivity index (χ4v) is 4.80. The molecule has 2 amide bonds. The van der Waals surface area contributed by atoms with Crippen molar-refractivity contribution >= 4 is 6.03 Å². The molecule has 4 rings (SSSR count). The number of benzene rings is 2. The molecular weight excluding hydrogens is 379 g/mol. The van der Waals surface area contributed by atoms with Gasteiger partial charge in [-0.15, -0.1) is 0 Å². The summed E-state index contributed by atoms with van der Waals surface area (Å²) in [6, 6.07) is 9.67. The number of urea groups is 1. The minimum absolute atomic E-state index is 0.0904. The van der Waals surface area contributed by atoms with Crippen LogP contribution in [0.2, 0.25) is 0 Å². The van der Waals surface area contributed by atoms with Gasteiger partial charge in [0.15, 0.2) is 0 Å². The van der Waals surface area contributed by atoms with Gasteiger partial charge in [0.25, 0.3) is 0 Å². The summed E-state index contributed by atoms with van der Waals surface area (Å²) in [4.78, 5) is 18.3. The average molecular weight is 403 g/mol. The standard InChI is InChI=1S/C22H24F3N3O/c1-26(2)22(29)28-12-16-11-27(10-14-6-18(24)9-19(25)7-14)13-20(16)21(28)15-4-3-5-17(23)8-15/h3-9,16,20-21H,10-13H2,1-2H3/t16-,20-,21+/m1/s1. The number of hydrogen-bond donors (Lipinski definition) is 0. The Morgan fingerprint density at radius 1 is 1.00 bits per heavy atom. The van der Waals surface area contributed by atoms with Gasteiger partial charge in [-0.25, -0.2) is 18.0 Å². The first-order valence-corrected chi connectivity index (χ1v) is 9.72. The van der Waals surface area contributed by atoms with Crippen LogP contribution in [0, 0.1) is 29.3 Å². The van der Waals surface area contributed by atoms with Gasteiger partial charge in [0.05, 0.1) is 6.04 Å². The maximum absolute atomic E-state index is 13.9. The fraction of sp³-hybridized carbons (Fsp3) is 0.409. The average Bonchev–Trinajstić information content (AvgIpc) is 3.16. The van der Waals surface area contributed by atoms with E-state index in [9.17, 15) is 18.0 Å². The van der Waals surface area contributed by atoms with Crippen molar-refractivity contribution in [1.82, 2.24) is 14.7 Å². The van der Waals surface area contributed by atoms with Crippen molar-refractivity contribution < 1.29 is 18.0 Å². The molecule has 0 bridgehead atoms. The van der Waals surface area contributed by atoms with Gasteiger partial charge in [-0.05, 0) is 41.3 Å². The molecule has 2 aromatic carbocycles. The molecule has 2 aliphatic rings. The van der Waals surface area contributed by atoms with E-state index in [0.717, 1.165) is 18.2 Å². The molecule has 154 valence electrons. The van der Waals surface area contributed by atoms with Crippen LogP contribution in [0.1, 0.15) is 17.2 Å². The van der Waals surface area contributed by atoms with E-state index in [2.05, 4.69) is 4.90 Å². The van der Waals surface area contributed by atoms with Gasteiger partial charge in [-0.1, -0.05) is 12.1 Å². The van der Waals surface area contributed by atoms with Gasteiger partial charge in [-0.3, -0.25) is 4.90 Å². The Morgan fingerprint density at radius 3 is 2.38 bits per heavy atom. The van der Waals surface area contributed by atoms with Crippen LogP contribution in [0.25, 0.3) is 0 Å². The van der Waals surface area contributed by atoms with E-state index in [1.165, 1.54) is 24.3 Å². The van der Waals surface area contributed by atoms with Gasteiger partial charge in [0.2, 0.25) is 0 Å². The Hall–Kier alpha value is -2.54. The number of nitrogens with zero attached hydrogens (tertiary/aromatic N) is 3. The van der Waals surface area contributed by atoms with Crippen LogP contribution in [0.4, 0.5) is 18.0 Å². The van der Waals surface area contributed by atoms with E-state index in [4.69, 9.17) is 0 Å². The molecule has 0 saturated carbocycles. The van der Waals surface area contributed by atoms with Crippen molar-refractivity contribution in [2.45, 2.75) is 12.6 Å². The molecule has 2 saturated heterocycles. The highest BCUT2D eigenvalue weighted by Gasteiger charge is 2.49. The van der Waals surface area contributed by atoms with Crippen LogP contribution in [0.5, 0.6) is 0 Å². The Balaban J connectivity index is 1.57. The summed E-state index contributed by atoms with van der Waals surface area (Å²) < 4.78 is 40.9. The predicted molar refractivity (Wildman–Crippen MR) is 104 cm³/mol. The lowest BCUT2D eigenvalue weighted by Crippen LogP contribution is -2.41. The van der Waals surface area contributed by atoms with E-state index in [0.29, 0.717) is 25.2 Å². The molecule has 2 fully saturated rings. The molecule has 0 aromatic heterocycles. The lowest BCUT2D eigenvalue weighted by atomic mass is 9.89. The fourth-order valence-electron chi connectivity index (χ4n) is 4.80. The maximum Gasteiger partial charge on any atom is 0.320 e. The van der Waals surface area contributed by atoms with E-state index >= 15 is 0 Å². The smallest absolute Gasteiger partial charge is 0.320 e. The number of halogens is 3. The van der Waals surface area contributed by atoms with Crippen molar-refractivity contribution in [1.29, 1.82) is 0 Å². The first-order chi connectivity index (χ1) is 13.8. The highest BCUT2D eigenvalue weighted by Crippen LogP contribution is 2.45. The quantitative estimate of drug-likeness (QED) is 0.778. The molecule has 0 N–H and O–H groups in total. The molecule has 2 aliphatic heterocycles. The number of fused-ring (bicyclic) bond motifs is 1. The Morgan fingerprint density at radius 2 is 1.72 bits per heavy atom. The largest absolute Gasteiger partial charge is 0.331 e. The van der Waals surface area contributed by atoms with E-state index < -0.39 is 11.6 Å². The van der Waals surface area contributed by atoms with Crippen molar-refractivity contribution in [3.05, 3.63) is 71.0 Å². The number of rotatable bonds is 3. The third-order valence-corrected chi connectivity index (χ3v) is 5.89. The lowest BCUT2D eigenvalue weighted by Gasteiger charge is -2.32. The minimum atomic E-state index is -0.584. The van der Waals surface area contributed by atoms with Crippen LogP contribution in [-0.4, -0.2) is 54.5 Å². The molecule has 2 aromatic rings. The number of carbonyl (C=O) groups is 1. The molecule has 2 heterocycles. The molecule has 0 radical (unpaired) electrons. The molecule has 0 spiro atoms. The summed E-state index contributed by atoms with van der Waals surface area (Å²) >= 11 is 0. The van der Waals surface area contributed by atoms with Gasteiger partial charge in [0, 0.05) is 52.3 Å². The van der Waals surface area contributed by atoms with Gasteiger partial charge >= 0.3 is 6.03 Å². The van der Waals surface area contributed by atoms with Gasteiger partial charge < -0.3 is 9.80 Å². The third kappa shape index (κ3) is 3.96.